The third kappa shape index (κ3) is 4.83. The monoisotopic (exact) mass is 357 g/mol. The number of nitrogens with two attached hydrogens (primary N) is 1. The highest BCUT2D eigenvalue weighted by Crippen LogP contribution is 2.30. The van der Waals surface area contributed by atoms with E-state index in [4.69, 9.17) is 15.2 Å². The molecule has 2 aromatic rings. The van der Waals surface area contributed by atoms with Crippen LogP contribution < -0.4 is 15.8 Å². The molecule has 0 saturated carbocycles. The van der Waals surface area contributed by atoms with Crippen molar-refractivity contribution in [3.05, 3.63) is 35.7 Å². The molecule has 26 heavy (non-hydrogen) atoms. The van der Waals surface area contributed by atoms with Crippen LogP contribution >= 0.6 is 0 Å². The minimum Gasteiger partial charge on any atom is -0.437 e. The molecule has 1 aromatic heterocycles. The maximum absolute atomic E-state index is 6.18. The molecule has 3 N–H and O–H groups in total. The number of hydrogen-bond donors (Lipinski definition) is 2. The first-order valence-electron chi connectivity index (χ1n) is 9.03. The van der Waals surface area contributed by atoms with E-state index in [0.717, 1.165) is 57.1 Å². The first kappa shape index (κ1) is 18.4. The fourth-order valence-corrected chi connectivity index (χ4v) is 2.82. The van der Waals surface area contributed by atoms with E-state index in [2.05, 4.69) is 27.1 Å². The first-order valence-corrected chi connectivity index (χ1v) is 9.03. The van der Waals surface area contributed by atoms with Gasteiger partial charge in [0, 0.05) is 19.6 Å². The zero-order valence-electron chi connectivity index (χ0n) is 15.5. The lowest BCUT2D eigenvalue weighted by molar-refractivity contribution is 0.0378. The van der Waals surface area contributed by atoms with Gasteiger partial charge in [-0.25, -0.2) is 4.98 Å². The molecule has 7 heteroatoms. The average molecular weight is 357 g/mol. The molecular formula is C19H27N5O2. The topological polar surface area (TPSA) is 85.5 Å². The minimum absolute atomic E-state index is 0.374. The Morgan fingerprint density at radius 3 is 2.77 bits per heavy atom. The summed E-state index contributed by atoms with van der Waals surface area (Å²) in [5.74, 6) is 1.71. The van der Waals surface area contributed by atoms with Crippen LogP contribution in [-0.2, 0) is 4.74 Å². The number of aryl methyl sites for hydroxylation is 2. The van der Waals surface area contributed by atoms with Gasteiger partial charge >= 0.3 is 0 Å². The molecule has 140 valence electrons. The highest BCUT2D eigenvalue weighted by molar-refractivity contribution is 5.66. The predicted molar refractivity (Wildman–Crippen MR) is 103 cm³/mol. The average Bonchev–Trinajstić information content (AvgIpc) is 2.65. The quantitative estimate of drug-likeness (QED) is 0.737. The van der Waals surface area contributed by atoms with Crippen LogP contribution in [0.25, 0.3) is 0 Å². The lowest BCUT2D eigenvalue weighted by atomic mass is 10.1. The van der Waals surface area contributed by atoms with Crippen molar-refractivity contribution in [2.45, 2.75) is 20.3 Å². The van der Waals surface area contributed by atoms with Crippen LogP contribution in [0.3, 0.4) is 0 Å². The molecule has 0 unspecified atom stereocenters. The lowest BCUT2D eigenvalue weighted by Crippen LogP contribution is -2.37. The van der Waals surface area contributed by atoms with Crippen molar-refractivity contribution in [2.75, 3.05) is 50.4 Å². The van der Waals surface area contributed by atoms with Gasteiger partial charge in [0.25, 0.3) is 0 Å². The molecule has 2 heterocycles. The van der Waals surface area contributed by atoms with Crippen molar-refractivity contribution >= 4 is 11.5 Å². The molecule has 0 radical (unpaired) electrons. The van der Waals surface area contributed by atoms with Gasteiger partial charge in [0.1, 0.15) is 17.8 Å². The van der Waals surface area contributed by atoms with Crippen molar-refractivity contribution in [3.8, 4) is 11.6 Å². The first-order chi connectivity index (χ1) is 12.6. The Bertz CT molecular complexity index is 732. The lowest BCUT2D eigenvalue weighted by Gasteiger charge is -2.26. The minimum atomic E-state index is 0.374. The van der Waals surface area contributed by atoms with E-state index in [9.17, 15) is 0 Å². The van der Waals surface area contributed by atoms with Gasteiger partial charge in [-0.15, -0.1) is 0 Å². The highest BCUT2D eigenvalue weighted by Gasteiger charge is 2.12. The number of nitrogens with one attached hydrogen (secondary N) is 1. The Balaban J connectivity index is 1.55. The fraction of sp³-hybridized carbons (Fsp3) is 0.474. The highest BCUT2D eigenvalue weighted by atomic mass is 16.5. The molecule has 1 fully saturated rings. The van der Waals surface area contributed by atoms with E-state index >= 15 is 0 Å². The summed E-state index contributed by atoms with van der Waals surface area (Å²) in [6, 6.07) is 5.92. The number of benzene rings is 1. The van der Waals surface area contributed by atoms with Gasteiger partial charge in [0.05, 0.1) is 13.2 Å². The standard InChI is InChI=1S/C19H27N5O2/c1-14-4-5-16(12-15(14)2)26-19-17(20)18(22-13-23-19)21-6-3-7-24-8-10-25-11-9-24/h4-5,12-13H,3,6-11,20H2,1-2H3,(H,21,22,23). The van der Waals surface area contributed by atoms with Gasteiger partial charge in [0.15, 0.2) is 5.82 Å². The molecule has 1 saturated heterocycles. The largest absolute Gasteiger partial charge is 0.437 e. The summed E-state index contributed by atoms with van der Waals surface area (Å²) >= 11 is 0. The molecule has 1 aromatic carbocycles. The van der Waals surface area contributed by atoms with Crippen molar-refractivity contribution in [2.24, 2.45) is 0 Å². The van der Waals surface area contributed by atoms with Gasteiger partial charge in [0.2, 0.25) is 5.88 Å². The van der Waals surface area contributed by atoms with E-state index in [0.29, 0.717) is 17.4 Å². The molecule has 0 bridgehead atoms. The third-order valence-corrected chi connectivity index (χ3v) is 4.59. The van der Waals surface area contributed by atoms with E-state index in [-0.39, 0.29) is 0 Å². The predicted octanol–water partition coefficient (Wildman–Crippen LogP) is 2.60. The van der Waals surface area contributed by atoms with E-state index in [1.54, 1.807) is 0 Å². The summed E-state index contributed by atoms with van der Waals surface area (Å²) < 4.78 is 11.2. The Hall–Kier alpha value is -2.38. The number of morpholine rings is 1. The van der Waals surface area contributed by atoms with Crippen LogP contribution in [0.5, 0.6) is 11.6 Å². The van der Waals surface area contributed by atoms with Crippen molar-refractivity contribution < 1.29 is 9.47 Å². The molecule has 3 rings (SSSR count). The number of nitrogen functional groups attached to an aromatic ring is 1. The Morgan fingerprint density at radius 1 is 1.19 bits per heavy atom. The van der Waals surface area contributed by atoms with Crippen molar-refractivity contribution in [1.29, 1.82) is 0 Å². The van der Waals surface area contributed by atoms with Crippen LogP contribution in [0.4, 0.5) is 11.5 Å². The maximum Gasteiger partial charge on any atom is 0.248 e. The number of hydrogen-bond acceptors (Lipinski definition) is 7. The third-order valence-electron chi connectivity index (χ3n) is 4.59. The van der Waals surface area contributed by atoms with Gasteiger partial charge < -0.3 is 20.5 Å². The molecule has 1 aliphatic rings. The number of rotatable bonds is 7. The second-order valence-corrected chi connectivity index (χ2v) is 6.52. The van der Waals surface area contributed by atoms with Gasteiger partial charge in [-0.3, -0.25) is 4.90 Å². The second kappa shape index (κ2) is 8.82. The normalized spacial score (nSPS) is 15.0. The summed E-state index contributed by atoms with van der Waals surface area (Å²) in [5.41, 5.74) is 8.99. The number of aromatic nitrogens is 2. The van der Waals surface area contributed by atoms with Crippen LogP contribution in [0.1, 0.15) is 17.5 Å². The second-order valence-electron chi connectivity index (χ2n) is 6.52. The van der Waals surface area contributed by atoms with Crippen LogP contribution in [0.15, 0.2) is 24.5 Å². The molecular weight excluding hydrogens is 330 g/mol. The summed E-state index contributed by atoms with van der Waals surface area (Å²) in [6.45, 7) is 9.60. The Labute approximate surface area is 154 Å². The Kier molecular flexibility index (Phi) is 6.25. The van der Waals surface area contributed by atoms with E-state index < -0.39 is 0 Å². The molecule has 0 spiro atoms. The van der Waals surface area contributed by atoms with Crippen molar-refractivity contribution in [1.82, 2.24) is 14.9 Å². The van der Waals surface area contributed by atoms with Gasteiger partial charge in [-0.1, -0.05) is 6.07 Å². The van der Waals surface area contributed by atoms with Crippen LogP contribution in [-0.4, -0.2) is 54.3 Å². The number of anilines is 2. The van der Waals surface area contributed by atoms with Crippen molar-refractivity contribution in [3.63, 3.8) is 0 Å². The fourth-order valence-electron chi connectivity index (χ4n) is 2.82. The number of ether oxygens (including phenoxy) is 2. The molecule has 0 atom stereocenters. The zero-order valence-corrected chi connectivity index (χ0v) is 15.5. The van der Waals surface area contributed by atoms with E-state index in [1.807, 2.05) is 25.1 Å². The van der Waals surface area contributed by atoms with E-state index in [1.165, 1.54) is 11.9 Å². The number of nitrogens with zero attached hydrogens (tertiary/aromatic N) is 3. The van der Waals surface area contributed by atoms with Crippen LogP contribution in [0.2, 0.25) is 0 Å². The molecule has 0 amide bonds. The van der Waals surface area contributed by atoms with Crippen LogP contribution in [0, 0.1) is 13.8 Å². The smallest absolute Gasteiger partial charge is 0.248 e. The summed E-state index contributed by atoms with van der Waals surface area (Å²) in [5, 5.41) is 3.29. The summed E-state index contributed by atoms with van der Waals surface area (Å²) in [4.78, 5) is 10.8. The van der Waals surface area contributed by atoms with Gasteiger partial charge in [-0.05, 0) is 50.1 Å². The molecule has 1 aliphatic heterocycles. The maximum atomic E-state index is 6.18. The summed E-state index contributed by atoms with van der Waals surface area (Å²) in [7, 11) is 0. The SMILES string of the molecule is Cc1ccc(Oc2ncnc(NCCCN3CCOCC3)c2N)cc1C. The Morgan fingerprint density at radius 2 is 2.00 bits per heavy atom. The zero-order chi connectivity index (χ0) is 18.4. The van der Waals surface area contributed by atoms with Gasteiger partial charge in [-0.2, -0.15) is 4.98 Å². The summed E-state index contributed by atoms with van der Waals surface area (Å²) in [6.07, 6.45) is 2.48. The molecule has 7 nitrogen and oxygen atoms in total. The molecule has 0 aliphatic carbocycles.